The molecule has 1 aromatic carbocycles. The number of rotatable bonds is 4. The van der Waals surface area contributed by atoms with E-state index in [0.29, 0.717) is 18.4 Å². The fourth-order valence-electron chi connectivity index (χ4n) is 2.86. The molecule has 0 unspecified atom stereocenters. The van der Waals surface area contributed by atoms with Crippen molar-refractivity contribution in [1.82, 2.24) is 4.90 Å². The van der Waals surface area contributed by atoms with Gasteiger partial charge in [0, 0.05) is 13.1 Å². The van der Waals surface area contributed by atoms with Crippen LogP contribution in [-0.4, -0.2) is 23.9 Å². The van der Waals surface area contributed by atoms with Gasteiger partial charge in [-0.25, -0.2) is 0 Å². The second kappa shape index (κ2) is 6.23. The molecule has 2 rings (SSSR count). The molecular weight excluding hydrogens is 234 g/mol. The fraction of sp³-hybridized carbons (Fsp3) is 0.588. The van der Waals surface area contributed by atoms with Crippen LogP contribution in [0.15, 0.2) is 24.3 Å². The van der Waals surface area contributed by atoms with Crippen LogP contribution in [0.25, 0.3) is 0 Å². The fourth-order valence-corrected chi connectivity index (χ4v) is 2.86. The maximum Gasteiger partial charge on any atom is 0.226 e. The SMILES string of the molecule is CC(C)c1cccc(CC(=O)N(C)C2CCCC2)c1. The van der Waals surface area contributed by atoms with Crippen molar-refractivity contribution in [3.05, 3.63) is 35.4 Å². The Kier molecular flexibility index (Phi) is 4.62. The predicted molar refractivity (Wildman–Crippen MR) is 79.3 cm³/mol. The first-order valence-corrected chi connectivity index (χ1v) is 7.42. The monoisotopic (exact) mass is 259 g/mol. The zero-order valence-corrected chi connectivity index (χ0v) is 12.4. The second-order valence-corrected chi connectivity index (χ2v) is 6.02. The zero-order chi connectivity index (χ0) is 13.8. The average molecular weight is 259 g/mol. The van der Waals surface area contributed by atoms with E-state index in [1.807, 2.05) is 11.9 Å². The van der Waals surface area contributed by atoms with Crippen molar-refractivity contribution in [3.63, 3.8) is 0 Å². The first kappa shape index (κ1) is 14.1. The van der Waals surface area contributed by atoms with Crippen molar-refractivity contribution in [3.8, 4) is 0 Å². The van der Waals surface area contributed by atoms with Gasteiger partial charge in [0.25, 0.3) is 0 Å². The summed E-state index contributed by atoms with van der Waals surface area (Å²) < 4.78 is 0. The summed E-state index contributed by atoms with van der Waals surface area (Å²) in [5, 5.41) is 0. The average Bonchev–Trinajstić information content (AvgIpc) is 2.92. The molecule has 1 aliphatic rings. The maximum atomic E-state index is 12.3. The molecule has 1 amide bonds. The molecule has 0 atom stereocenters. The molecule has 0 saturated heterocycles. The van der Waals surface area contributed by atoms with E-state index in [4.69, 9.17) is 0 Å². The molecule has 0 heterocycles. The number of amides is 1. The molecule has 0 spiro atoms. The maximum absolute atomic E-state index is 12.3. The van der Waals surface area contributed by atoms with Gasteiger partial charge in [0.1, 0.15) is 0 Å². The molecule has 104 valence electrons. The van der Waals surface area contributed by atoms with E-state index in [9.17, 15) is 4.79 Å². The third kappa shape index (κ3) is 3.59. The highest BCUT2D eigenvalue weighted by molar-refractivity contribution is 5.78. The third-order valence-corrected chi connectivity index (χ3v) is 4.24. The Labute approximate surface area is 116 Å². The summed E-state index contributed by atoms with van der Waals surface area (Å²) in [6.07, 6.45) is 5.42. The minimum Gasteiger partial charge on any atom is -0.342 e. The summed E-state index contributed by atoms with van der Waals surface area (Å²) in [6.45, 7) is 4.37. The summed E-state index contributed by atoms with van der Waals surface area (Å²) >= 11 is 0. The van der Waals surface area contributed by atoms with Gasteiger partial charge in [-0.15, -0.1) is 0 Å². The molecule has 0 aromatic heterocycles. The molecule has 0 N–H and O–H groups in total. The lowest BCUT2D eigenvalue weighted by molar-refractivity contribution is -0.131. The molecule has 1 aromatic rings. The Balaban J connectivity index is 1.99. The standard InChI is InChI=1S/C17H25NO/c1-13(2)15-8-6-7-14(11-15)12-17(19)18(3)16-9-4-5-10-16/h6-8,11,13,16H,4-5,9-10,12H2,1-3H3. The van der Waals surface area contributed by atoms with Crippen molar-refractivity contribution >= 4 is 5.91 Å². The molecule has 1 fully saturated rings. The highest BCUT2D eigenvalue weighted by Gasteiger charge is 2.23. The van der Waals surface area contributed by atoms with Gasteiger partial charge in [0.2, 0.25) is 5.91 Å². The molecule has 1 saturated carbocycles. The summed E-state index contributed by atoms with van der Waals surface area (Å²) in [7, 11) is 1.96. The molecule has 0 bridgehead atoms. The number of carbonyl (C=O) groups is 1. The van der Waals surface area contributed by atoms with E-state index in [-0.39, 0.29) is 5.91 Å². The van der Waals surface area contributed by atoms with Crippen LogP contribution >= 0.6 is 0 Å². The summed E-state index contributed by atoms with van der Waals surface area (Å²) in [6, 6.07) is 8.91. The number of likely N-dealkylation sites (N-methyl/N-ethyl adjacent to an activating group) is 1. The van der Waals surface area contributed by atoms with Crippen LogP contribution in [0, 0.1) is 0 Å². The number of hydrogen-bond donors (Lipinski definition) is 0. The number of hydrogen-bond acceptors (Lipinski definition) is 1. The predicted octanol–water partition coefficient (Wildman–Crippen LogP) is 3.75. The van der Waals surface area contributed by atoms with Gasteiger partial charge >= 0.3 is 0 Å². The molecule has 1 aliphatic carbocycles. The summed E-state index contributed by atoms with van der Waals surface area (Å²) in [5.74, 6) is 0.774. The van der Waals surface area contributed by atoms with E-state index in [2.05, 4.69) is 38.1 Å². The van der Waals surface area contributed by atoms with Crippen LogP contribution in [0.3, 0.4) is 0 Å². The highest BCUT2D eigenvalue weighted by atomic mass is 16.2. The molecule has 2 nitrogen and oxygen atoms in total. The van der Waals surface area contributed by atoms with Gasteiger partial charge in [-0.2, -0.15) is 0 Å². The molecule has 2 heteroatoms. The summed E-state index contributed by atoms with van der Waals surface area (Å²) in [5.41, 5.74) is 2.45. The Bertz CT molecular complexity index is 433. The minimum absolute atomic E-state index is 0.257. The number of nitrogens with zero attached hydrogens (tertiary/aromatic N) is 1. The van der Waals surface area contributed by atoms with Crippen LogP contribution in [0.2, 0.25) is 0 Å². The van der Waals surface area contributed by atoms with Crippen molar-refractivity contribution in [1.29, 1.82) is 0 Å². The Morgan fingerprint density at radius 1 is 1.32 bits per heavy atom. The molecular formula is C17H25NO. The van der Waals surface area contributed by atoms with E-state index in [0.717, 1.165) is 5.56 Å². The van der Waals surface area contributed by atoms with Gasteiger partial charge in [0.15, 0.2) is 0 Å². The highest BCUT2D eigenvalue weighted by Crippen LogP contribution is 2.23. The number of benzene rings is 1. The smallest absolute Gasteiger partial charge is 0.226 e. The van der Waals surface area contributed by atoms with Gasteiger partial charge in [-0.3, -0.25) is 4.79 Å². The molecule has 0 aliphatic heterocycles. The normalized spacial score (nSPS) is 16.0. The van der Waals surface area contributed by atoms with Crippen molar-refractivity contribution in [2.75, 3.05) is 7.05 Å². The van der Waals surface area contributed by atoms with E-state index in [1.165, 1.54) is 31.2 Å². The lowest BCUT2D eigenvalue weighted by Crippen LogP contribution is -2.36. The zero-order valence-electron chi connectivity index (χ0n) is 12.4. The van der Waals surface area contributed by atoms with Crippen molar-refractivity contribution < 1.29 is 4.79 Å². The van der Waals surface area contributed by atoms with Crippen molar-refractivity contribution in [2.45, 2.75) is 57.9 Å². The van der Waals surface area contributed by atoms with E-state index in [1.54, 1.807) is 0 Å². The lowest BCUT2D eigenvalue weighted by Gasteiger charge is -2.24. The van der Waals surface area contributed by atoms with Gasteiger partial charge in [-0.1, -0.05) is 51.0 Å². The van der Waals surface area contributed by atoms with Crippen LogP contribution in [0.1, 0.15) is 56.6 Å². The van der Waals surface area contributed by atoms with Crippen LogP contribution < -0.4 is 0 Å². The first-order chi connectivity index (χ1) is 9.08. The quantitative estimate of drug-likeness (QED) is 0.806. The second-order valence-electron chi connectivity index (χ2n) is 6.02. The van der Waals surface area contributed by atoms with E-state index >= 15 is 0 Å². The van der Waals surface area contributed by atoms with Gasteiger partial charge < -0.3 is 4.90 Å². The Morgan fingerprint density at radius 2 is 2.00 bits per heavy atom. The van der Waals surface area contributed by atoms with Crippen LogP contribution in [0.4, 0.5) is 0 Å². The number of carbonyl (C=O) groups excluding carboxylic acids is 1. The third-order valence-electron chi connectivity index (χ3n) is 4.24. The lowest BCUT2D eigenvalue weighted by atomic mass is 9.99. The summed E-state index contributed by atoms with van der Waals surface area (Å²) in [4.78, 5) is 14.3. The van der Waals surface area contributed by atoms with Crippen molar-refractivity contribution in [2.24, 2.45) is 0 Å². The van der Waals surface area contributed by atoms with Crippen LogP contribution in [-0.2, 0) is 11.2 Å². The van der Waals surface area contributed by atoms with Gasteiger partial charge in [0.05, 0.1) is 6.42 Å². The molecule has 0 radical (unpaired) electrons. The van der Waals surface area contributed by atoms with E-state index < -0.39 is 0 Å². The first-order valence-electron chi connectivity index (χ1n) is 7.42. The minimum atomic E-state index is 0.257. The Hall–Kier alpha value is -1.31. The molecule has 19 heavy (non-hydrogen) atoms. The largest absolute Gasteiger partial charge is 0.342 e. The van der Waals surface area contributed by atoms with Gasteiger partial charge in [-0.05, 0) is 29.9 Å². The topological polar surface area (TPSA) is 20.3 Å². The van der Waals surface area contributed by atoms with Crippen LogP contribution in [0.5, 0.6) is 0 Å². The Morgan fingerprint density at radius 3 is 2.63 bits per heavy atom.